The molecule has 0 spiro atoms. The summed E-state index contributed by atoms with van der Waals surface area (Å²) in [6.07, 6.45) is 1.75. The van der Waals surface area contributed by atoms with Crippen molar-refractivity contribution in [2.75, 3.05) is 12.3 Å². The van der Waals surface area contributed by atoms with Crippen LogP contribution in [-0.4, -0.2) is 26.1 Å². The molecule has 0 radical (unpaired) electrons. The third kappa shape index (κ3) is 2.46. The van der Waals surface area contributed by atoms with Gasteiger partial charge >= 0.3 is 0 Å². The molecule has 1 atom stereocenters. The minimum absolute atomic E-state index is 0.0137. The summed E-state index contributed by atoms with van der Waals surface area (Å²) in [6.45, 7) is 4.57. The fraction of sp³-hybridized carbons (Fsp3) is 0.211. The van der Waals surface area contributed by atoms with Crippen molar-refractivity contribution in [3.63, 3.8) is 0 Å². The fourth-order valence-electron chi connectivity index (χ4n) is 3.14. The maximum absolute atomic E-state index is 6.17. The van der Waals surface area contributed by atoms with Gasteiger partial charge in [-0.15, -0.1) is 0 Å². The SMILES string of the molecule is CCOc1nc2c(N)nc3cccnc3c2n1C(C)c1ccccc1. The van der Waals surface area contributed by atoms with E-state index in [1.807, 2.05) is 37.3 Å². The molecule has 0 bridgehead atoms. The molecule has 1 unspecified atom stereocenters. The zero-order chi connectivity index (χ0) is 17.4. The lowest BCUT2D eigenvalue weighted by Crippen LogP contribution is -2.10. The summed E-state index contributed by atoms with van der Waals surface area (Å²) < 4.78 is 7.87. The Balaban J connectivity index is 2.08. The first kappa shape index (κ1) is 15.4. The summed E-state index contributed by atoms with van der Waals surface area (Å²) in [6, 6.07) is 14.5. The number of anilines is 1. The van der Waals surface area contributed by atoms with E-state index in [4.69, 9.17) is 10.5 Å². The number of fused-ring (bicyclic) bond motifs is 3. The number of rotatable bonds is 4. The standard InChI is InChI=1S/C19H19N5O/c1-3-25-19-23-16-17(15-14(22-18(16)20)10-7-11-21-15)24(19)12(2)13-8-5-4-6-9-13/h4-12H,3H2,1-2H3,(H2,20,22). The molecule has 2 N–H and O–H groups in total. The predicted octanol–water partition coefficient (Wildman–Crippen LogP) is 3.57. The highest BCUT2D eigenvalue weighted by Gasteiger charge is 2.23. The van der Waals surface area contributed by atoms with Gasteiger partial charge in [-0.1, -0.05) is 30.3 Å². The van der Waals surface area contributed by atoms with Gasteiger partial charge < -0.3 is 10.5 Å². The van der Waals surface area contributed by atoms with Crippen LogP contribution in [0.15, 0.2) is 48.7 Å². The molecule has 6 heteroatoms. The number of hydrogen-bond donors (Lipinski definition) is 1. The minimum atomic E-state index is 0.0137. The summed E-state index contributed by atoms with van der Waals surface area (Å²) in [5, 5.41) is 0. The average Bonchev–Trinajstić information content (AvgIpc) is 3.02. The lowest BCUT2D eigenvalue weighted by atomic mass is 10.1. The third-order valence-electron chi connectivity index (χ3n) is 4.32. The normalized spacial score (nSPS) is 12.6. The Morgan fingerprint density at radius 3 is 2.64 bits per heavy atom. The molecule has 126 valence electrons. The van der Waals surface area contributed by atoms with E-state index < -0.39 is 0 Å². The molecule has 0 saturated heterocycles. The van der Waals surface area contributed by atoms with Gasteiger partial charge in [0.05, 0.1) is 18.2 Å². The molecule has 0 saturated carbocycles. The van der Waals surface area contributed by atoms with Gasteiger partial charge in [0.25, 0.3) is 6.01 Å². The van der Waals surface area contributed by atoms with Crippen molar-refractivity contribution < 1.29 is 4.74 Å². The van der Waals surface area contributed by atoms with Crippen LogP contribution >= 0.6 is 0 Å². The first-order valence-electron chi connectivity index (χ1n) is 8.30. The van der Waals surface area contributed by atoms with Gasteiger partial charge in [0.2, 0.25) is 0 Å². The van der Waals surface area contributed by atoms with Crippen LogP contribution in [0.4, 0.5) is 5.82 Å². The zero-order valence-corrected chi connectivity index (χ0v) is 14.2. The topological polar surface area (TPSA) is 78.8 Å². The highest BCUT2D eigenvalue weighted by atomic mass is 16.5. The second-order valence-electron chi connectivity index (χ2n) is 5.85. The van der Waals surface area contributed by atoms with Gasteiger partial charge in [-0.25, -0.2) is 4.98 Å². The van der Waals surface area contributed by atoms with Crippen molar-refractivity contribution in [1.82, 2.24) is 19.5 Å². The Labute approximate surface area is 145 Å². The van der Waals surface area contributed by atoms with Crippen molar-refractivity contribution in [3.8, 4) is 6.01 Å². The Morgan fingerprint density at radius 2 is 1.88 bits per heavy atom. The van der Waals surface area contributed by atoms with Crippen LogP contribution in [0.1, 0.15) is 25.5 Å². The summed E-state index contributed by atoms with van der Waals surface area (Å²) in [7, 11) is 0. The first-order chi connectivity index (χ1) is 12.2. The van der Waals surface area contributed by atoms with Crippen LogP contribution in [0, 0.1) is 0 Å². The van der Waals surface area contributed by atoms with E-state index in [1.54, 1.807) is 6.20 Å². The van der Waals surface area contributed by atoms with Crippen molar-refractivity contribution >= 4 is 27.9 Å². The number of benzene rings is 1. The van der Waals surface area contributed by atoms with E-state index in [9.17, 15) is 0 Å². The van der Waals surface area contributed by atoms with Crippen LogP contribution in [0.5, 0.6) is 6.01 Å². The Morgan fingerprint density at radius 1 is 1.08 bits per heavy atom. The molecule has 0 aliphatic heterocycles. The van der Waals surface area contributed by atoms with Crippen molar-refractivity contribution in [2.24, 2.45) is 0 Å². The molecule has 0 aliphatic carbocycles. The average molecular weight is 333 g/mol. The van der Waals surface area contributed by atoms with Crippen LogP contribution in [0.2, 0.25) is 0 Å². The van der Waals surface area contributed by atoms with Gasteiger partial charge in [0, 0.05) is 6.20 Å². The molecule has 1 aromatic carbocycles. The lowest BCUT2D eigenvalue weighted by Gasteiger charge is -2.18. The van der Waals surface area contributed by atoms with E-state index in [1.165, 1.54) is 0 Å². The Kier molecular flexibility index (Phi) is 3.72. The van der Waals surface area contributed by atoms with E-state index in [2.05, 4.69) is 38.6 Å². The number of ether oxygens (including phenoxy) is 1. The quantitative estimate of drug-likeness (QED) is 0.617. The second kappa shape index (κ2) is 6.05. The summed E-state index contributed by atoms with van der Waals surface area (Å²) in [5.41, 5.74) is 10.3. The zero-order valence-electron chi connectivity index (χ0n) is 14.2. The van der Waals surface area contributed by atoms with Gasteiger partial charge in [0.1, 0.15) is 16.6 Å². The number of nitrogens with two attached hydrogens (primary N) is 1. The summed E-state index contributed by atoms with van der Waals surface area (Å²) in [4.78, 5) is 13.6. The number of hydrogen-bond acceptors (Lipinski definition) is 5. The van der Waals surface area contributed by atoms with Gasteiger partial charge in [-0.2, -0.15) is 4.98 Å². The van der Waals surface area contributed by atoms with Crippen LogP contribution < -0.4 is 10.5 Å². The molecule has 3 aromatic heterocycles. The summed E-state index contributed by atoms with van der Waals surface area (Å²) >= 11 is 0. The molecular weight excluding hydrogens is 314 g/mol. The molecule has 3 heterocycles. The largest absolute Gasteiger partial charge is 0.465 e. The number of nitrogens with zero attached hydrogens (tertiary/aromatic N) is 4. The minimum Gasteiger partial charge on any atom is -0.465 e. The van der Waals surface area contributed by atoms with E-state index in [-0.39, 0.29) is 6.04 Å². The van der Waals surface area contributed by atoms with Crippen LogP contribution in [0.25, 0.3) is 22.1 Å². The molecule has 6 nitrogen and oxygen atoms in total. The van der Waals surface area contributed by atoms with Gasteiger partial charge in [0.15, 0.2) is 5.82 Å². The van der Waals surface area contributed by atoms with Gasteiger partial charge in [-0.3, -0.25) is 9.55 Å². The fourth-order valence-corrected chi connectivity index (χ4v) is 3.14. The molecular formula is C19H19N5O. The molecule has 0 aliphatic rings. The highest BCUT2D eigenvalue weighted by Crippen LogP contribution is 2.35. The van der Waals surface area contributed by atoms with E-state index in [0.717, 1.165) is 22.1 Å². The predicted molar refractivity (Wildman–Crippen MR) is 98.7 cm³/mol. The lowest BCUT2D eigenvalue weighted by molar-refractivity contribution is 0.295. The van der Waals surface area contributed by atoms with Crippen molar-refractivity contribution in [1.29, 1.82) is 0 Å². The number of pyridine rings is 2. The Bertz CT molecular complexity index is 1040. The highest BCUT2D eigenvalue weighted by molar-refractivity contribution is 6.04. The monoisotopic (exact) mass is 333 g/mol. The molecule has 0 fully saturated rings. The third-order valence-corrected chi connectivity index (χ3v) is 4.32. The number of aromatic nitrogens is 4. The van der Waals surface area contributed by atoms with Crippen LogP contribution in [-0.2, 0) is 0 Å². The molecule has 0 amide bonds. The number of nitrogen functional groups attached to an aromatic ring is 1. The maximum atomic E-state index is 6.17. The summed E-state index contributed by atoms with van der Waals surface area (Å²) in [5.74, 6) is 0.385. The van der Waals surface area contributed by atoms with Crippen LogP contribution in [0.3, 0.4) is 0 Å². The van der Waals surface area contributed by atoms with E-state index in [0.29, 0.717) is 24.0 Å². The first-order valence-corrected chi connectivity index (χ1v) is 8.30. The van der Waals surface area contributed by atoms with E-state index >= 15 is 0 Å². The maximum Gasteiger partial charge on any atom is 0.298 e. The molecule has 25 heavy (non-hydrogen) atoms. The van der Waals surface area contributed by atoms with Crippen molar-refractivity contribution in [3.05, 3.63) is 54.2 Å². The molecule has 4 rings (SSSR count). The molecule has 4 aromatic rings. The van der Waals surface area contributed by atoms with Crippen molar-refractivity contribution in [2.45, 2.75) is 19.9 Å². The second-order valence-corrected chi connectivity index (χ2v) is 5.85. The van der Waals surface area contributed by atoms with Gasteiger partial charge in [-0.05, 0) is 31.5 Å². The smallest absolute Gasteiger partial charge is 0.298 e. The Hall–Kier alpha value is -3.15. The number of imidazole rings is 1.